The van der Waals surface area contributed by atoms with Gasteiger partial charge in [0, 0.05) is 5.69 Å². The molecule has 1 aromatic carbocycles. The first-order valence-electron chi connectivity index (χ1n) is 9.19. The zero-order valence-electron chi connectivity index (χ0n) is 16.0. The molecule has 0 bridgehead atoms. The lowest BCUT2D eigenvalue weighted by atomic mass is 10.2. The molecule has 0 atom stereocenters. The second kappa shape index (κ2) is 8.05. The van der Waals surface area contributed by atoms with Crippen molar-refractivity contribution in [3.63, 3.8) is 0 Å². The molecule has 0 saturated carbocycles. The maximum Gasteiger partial charge on any atom is 0.336 e. The molecule has 4 rings (SSSR count). The average molecular weight is 392 g/mol. The highest BCUT2D eigenvalue weighted by Gasteiger charge is 2.18. The van der Waals surface area contributed by atoms with Crippen molar-refractivity contribution in [2.75, 3.05) is 11.9 Å². The van der Waals surface area contributed by atoms with Crippen LogP contribution in [0.5, 0.6) is 6.01 Å². The minimum Gasteiger partial charge on any atom is -0.462 e. The molecule has 0 aliphatic carbocycles. The van der Waals surface area contributed by atoms with Gasteiger partial charge < -0.3 is 18.9 Å². The molecular formula is C21H20N4O4. The van der Waals surface area contributed by atoms with Crippen LogP contribution in [-0.4, -0.2) is 27.3 Å². The Bertz CT molecular complexity index is 1080. The van der Waals surface area contributed by atoms with Gasteiger partial charge in [0.05, 0.1) is 24.8 Å². The number of aromatic nitrogens is 3. The lowest BCUT2D eigenvalue weighted by molar-refractivity contribution is 0.0996. The SMILES string of the molecule is CC(C)COc1nc(-c2ccco2)n(-c2cccc(NC(=O)c3ccco3)c2)n1. The topological polar surface area (TPSA) is 95.3 Å². The fourth-order valence-electron chi connectivity index (χ4n) is 2.66. The molecule has 3 heterocycles. The maximum atomic E-state index is 12.3. The average Bonchev–Trinajstić information content (AvgIpc) is 3.48. The molecule has 0 fully saturated rings. The van der Waals surface area contributed by atoms with Crippen molar-refractivity contribution in [1.82, 2.24) is 14.8 Å². The molecule has 0 radical (unpaired) electrons. The predicted octanol–water partition coefficient (Wildman–Crippen LogP) is 4.41. The van der Waals surface area contributed by atoms with Crippen LogP contribution in [0.1, 0.15) is 24.4 Å². The Morgan fingerprint density at radius 2 is 1.97 bits per heavy atom. The fourth-order valence-corrected chi connectivity index (χ4v) is 2.66. The predicted molar refractivity (Wildman–Crippen MR) is 106 cm³/mol. The molecular weight excluding hydrogens is 372 g/mol. The lowest BCUT2D eigenvalue weighted by Gasteiger charge is -2.08. The first-order valence-corrected chi connectivity index (χ1v) is 9.19. The number of hydrogen-bond acceptors (Lipinski definition) is 6. The van der Waals surface area contributed by atoms with E-state index < -0.39 is 0 Å². The summed E-state index contributed by atoms with van der Waals surface area (Å²) < 4.78 is 17.9. The summed E-state index contributed by atoms with van der Waals surface area (Å²) in [6.45, 7) is 4.60. The van der Waals surface area contributed by atoms with Gasteiger partial charge in [-0.25, -0.2) is 4.68 Å². The normalized spacial score (nSPS) is 11.0. The van der Waals surface area contributed by atoms with Gasteiger partial charge in [-0.1, -0.05) is 19.9 Å². The number of carbonyl (C=O) groups excluding carboxylic acids is 1. The van der Waals surface area contributed by atoms with Crippen molar-refractivity contribution in [3.05, 3.63) is 66.8 Å². The first kappa shape index (κ1) is 18.5. The third-order valence-electron chi connectivity index (χ3n) is 3.97. The van der Waals surface area contributed by atoms with Crippen LogP contribution in [0.3, 0.4) is 0 Å². The molecule has 1 amide bonds. The summed E-state index contributed by atoms with van der Waals surface area (Å²) >= 11 is 0. The van der Waals surface area contributed by atoms with Crippen LogP contribution in [0.15, 0.2) is 69.9 Å². The monoisotopic (exact) mass is 392 g/mol. The summed E-state index contributed by atoms with van der Waals surface area (Å²) in [6.07, 6.45) is 3.03. The minimum atomic E-state index is -0.335. The summed E-state index contributed by atoms with van der Waals surface area (Å²) in [4.78, 5) is 16.7. The summed E-state index contributed by atoms with van der Waals surface area (Å²) in [5, 5.41) is 7.28. The van der Waals surface area contributed by atoms with Crippen molar-refractivity contribution in [3.8, 4) is 23.3 Å². The number of furan rings is 2. The van der Waals surface area contributed by atoms with E-state index in [0.717, 1.165) is 0 Å². The zero-order chi connectivity index (χ0) is 20.2. The Kier molecular flexibility index (Phi) is 5.15. The van der Waals surface area contributed by atoms with E-state index in [-0.39, 0.29) is 17.7 Å². The fraction of sp³-hybridized carbons (Fsp3) is 0.190. The van der Waals surface area contributed by atoms with Crippen molar-refractivity contribution in [1.29, 1.82) is 0 Å². The number of rotatable bonds is 7. The molecule has 0 aliphatic heterocycles. The van der Waals surface area contributed by atoms with E-state index in [1.54, 1.807) is 47.3 Å². The van der Waals surface area contributed by atoms with E-state index in [1.165, 1.54) is 6.26 Å². The summed E-state index contributed by atoms with van der Waals surface area (Å²) in [7, 11) is 0. The molecule has 0 aliphatic rings. The van der Waals surface area contributed by atoms with Crippen LogP contribution in [0.4, 0.5) is 5.69 Å². The van der Waals surface area contributed by atoms with E-state index in [9.17, 15) is 4.79 Å². The van der Waals surface area contributed by atoms with Gasteiger partial charge in [0.2, 0.25) is 5.82 Å². The van der Waals surface area contributed by atoms with Crippen LogP contribution in [0.2, 0.25) is 0 Å². The standard InChI is InChI=1S/C21H20N4O4/c1-14(2)13-29-21-23-19(17-8-4-10-27-17)25(24-21)16-7-3-6-15(12-16)22-20(26)18-9-5-11-28-18/h3-12,14H,13H2,1-2H3,(H,22,26). The Balaban J connectivity index is 1.65. The van der Waals surface area contributed by atoms with E-state index >= 15 is 0 Å². The number of benzene rings is 1. The zero-order valence-corrected chi connectivity index (χ0v) is 16.0. The molecule has 8 heteroatoms. The summed E-state index contributed by atoms with van der Waals surface area (Å²) in [5.74, 6) is 1.30. The Morgan fingerprint density at radius 3 is 2.69 bits per heavy atom. The van der Waals surface area contributed by atoms with Gasteiger partial charge in [-0.05, 0) is 48.4 Å². The molecule has 8 nitrogen and oxygen atoms in total. The van der Waals surface area contributed by atoms with E-state index in [4.69, 9.17) is 13.6 Å². The van der Waals surface area contributed by atoms with Gasteiger partial charge in [-0.15, -0.1) is 5.10 Å². The third-order valence-corrected chi connectivity index (χ3v) is 3.97. The van der Waals surface area contributed by atoms with Crippen molar-refractivity contribution >= 4 is 11.6 Å². The number of ether oxygens (including phenoxy) is 1. The lowest BCUT2D eigenvalue weighted by Crippen LogP contribution is -2.11. The Morgan fingerprint density at radius 1 is 1.14 bits per heavy atom. The van der Waals surface area contributed by atoms with Crippen molar-refractivity contribution in [2.45, 2.75) is 13.8 Å². The highest BCUT2D eigenvalue weighted by molar-refractivity contribution is 6.02. The molecule has 4 aromatic rings. The quantitative estimate of drug-likeness (QED) is 0.501. The molecule has 0 saturated heterocycles. The van der Waals surface area contributed by atoms with Gasteiger partial charge in [0.1, 0.15) is 0 Å². The molecule has 0 spiro atoms. The van der Waals surface area contributed by atoms with E-state index in [2.05, 4.69) is 29.2 Å². The smallest absolute Gasteiger partial charge is 0.336 e. The number of anilines is 1. The van der Waals surface area contributed by atoms with Crippen molar-refractivity contribution in [2.24, 2.45) is 5.92 Å². The molecule has 1 N–H and O–H groups in total. The van der Waals surface area contributed by atoms with Crippen LogP contribution in [-0.2, 0) is 0 Å². The molecule has 29 heavy (non-hydrogen) atoms. The number of carbonyl (C=O) groups is 1. The van der Waals surface area contributed by atoms with Gasteiger partial charge in [-0.3, -0.25) is 4.79 Å². The van der Waals surface area contributed by atoms with E-state index in [0.29, 0.717) is 35.5 Å². The second-order valence-corrected chi connectivity index (χ2v) is 6.79. The Labute approximate surface area is 167 Å². The molecule has 3 aromatic heterocycles. The van der Waals surface area contributed by atoms with Gasteiger partial charge in [-0.2, -0.15) is 4.98 Å². The highest BCUT2D eigenvalue weighted by Crippen LogP contribution is 2.25. The first-order chi connectivity index (χ1) is 14.1. The number of amides is 1. The molecule has 0 unspecified atom stereocenters. The summed E-state index contributed by atoms with van der Waals surface area (Å²) in [5.41, 5.74) is 1.29. The van der Waals surface area contributed by atoms with Crippen LogP contribution in [0, 0.1) is 5.92 Å². The third kappa shape index (κ3) is 4.21. The van der Waals surface area contributed by atoms with Gasteiger partial charge in [0.15, 0.2) is 11.5 Å². The largest absolute Gasteiger partial charge is 0.462 e. The second-order valence-electron chi connectivity index (χ2n) is 6.79. The van der Waals surface area contributed by atoms with E-state index in [1.807, 2.05) is 12.1 Å². The number of hydrogen-bond donors (Lipinski definition) is 1. The number of nitrogens with zero attached hydrogens (tertiary/aromatic N) is 3. The van der Waals surface area contributed by atoms with Crippen LogP contribution in [0.25, 0.3) is 17.3 Å². The Hall–Kier alpha value is -3.81. The molecule has 148 valence electrons. The van der Waals surface area contributed by atoms with Gasteiger partial charge in [0.25, 0.3) is 5.91 Å². The highest BCUT2D eigenvalue weighted by atomic mass is 16.5. The summed E-state index contributed by atoms with van der Waals surface area (Å²) in [6, 6.07) is 14.3. The van der Waals surface area contributed by atoms with Crippen LogP contribution < -0.4 is 10.1 Å². The number of nitrogens with one attached hydrogen (secondary N) is 1. The van der Waals surface area contributed by atoms with Crippen molar-refractivity contribution < 1.29 is 18.4 Å². The minimum absolute atomic E-state index is 0.233. The van der Waals surface area contributed by atoms with Crippen LogP contribution >= 0.6 is 0 Å². The maximum absolute atomic E-state index is 12.3. The van der Waals surface area contributed by atoms with Gasteiger partial charge >= 0.3 is 6.01 Å².